The first-order valence-electron chi connectivity index (χ1n) is 7.16. The molecular formula is C17H18N2O4S. The van der Waals surface area contributed by atoms with Gasteiger partial charge in [0.25, 0.3) is 0 Å². The fourth-order valence-electron chi connectivity index (χ4n) is 2.35. The van der Waals surface area contributed by atoms with Gasteiger partial charge in [0, 0.05) is 24.5 Å². The van der Waals surface area contributed by atoms with Crippen molar-refractivity contribution < 1.29 is 17.9 Å². The highest BCUT2D eigenvalue weighted by Crippen LogP contribution is 2.30. The van der Waals surface area contributed by atoms with Crippen molar-refractivity contribution >= 4 is 9.84 Å². The van der Waals surface area contributed by atoms with Gasteiger partial charge in [-0.3, -0.25) is 0 Å². The van der Waals surface area contributed by atoms with Crippen molar-refractivity contribution in [1.82, 2.24) is 4.98 Å². The average Bonchev–Trinajstić information content (AvgIpc) is 2.55. The lowest BCUT2D eigenvalue weighted by Gasteiger charge is -2.16. The van der Waals surface area contributed by atoms with Crippen LogP contribution in [0.3, 0.4) is 0 Å². The van der Waals surface area contributed by atoms with Gasteiger partial charge in [0.15, 0.2) is 14.9 Å². The third-order valence-corrected chi connectivity index (χ3v) is 4.50. The van der Waals surface area contributed by atoms with E-state index in [-0.39, 0.29) is 24.0 Å². The van der Waals surface area contributed by atoms with Crippen LogP contribution in [-0.4, -0.2) is 33.6 Å². The maximum atomic E-state index is 12.1. The molecule has 1 aromatic heterocycles. The number of hydrogen-bond donors (Lipinski definition) is 0. The molecule has 0 spiro atoms. The molecule has 0 aliphatic carbocycles. The molecule has 126 valence electrons. The lowest BCUT2D eigenvalue weighted by Crippen LogP contribution is -2.11. The Kier molecular flexibility index (Phi) is 5.67. The maximum absolute atomic E-state index is 12.1. The van der Waals surface area contributed by atoms with E-state index in [0.717, 1.165) is 11.8 Å². The van der Waals surface area contributed by atoms with Gasteiger partial charge in [-0.1, -0.05) is 30.3 Å². The standard InChI is InChI=1S/C17H18N2O4S/c1-12-14(9-18)17(24(3,20)21)19-16(13-7-5-4-6-8-13)15(12)10-23-11-22-2/h4-8H,10-11H2,1-3H3. The van der Waals surface area contributed by atoms with Crippen LogP contribution < -0.4 is 0 Å². The third-order valence-electron chi connectivity index (χ3n) is 3.50. The number of methoxy groups -OCH3 is 1. The van der Waals surface area contributed by atoms with E-state index < -0.39 is 9.84 Å². The molecule has 0 fully saturated rings. The molecule has 0 N–H and O–H groups in total. The fourth-order valence-corrected chi connectivity index (χ4v) is 3.18. The van der Waals surface area contributed by atoms with Crippen molar-refractivity contribution in [3.63, 3.8) is 0 Å². The Morgan fingerprint density at radius 3 is 2.46 bits per heavy atom. The highest BCUT2D eigenvalue weighted by atomic mass is 32.2. The molecule has 1 heterocycles. The number of ether oxygens (including phenoxy) is 2. The number of hydrogen-bond acceptors (Lipinski definition) is 6. The molecule has 2 rings (SSSR count). The van der Waals surface area contributed by atoms with Crippen LogP contribution in [0.5, 0.6) is 0 Å². The smallest absolute Gasteiger partial charge is 0.194 e. The molecule has 0 unspecified atom stereocenters. The lowest BCUT2D eigenvalue weighted by molar-refractivity contribution is -0.0391. The normalized spacial score (nSPS) is 11.2. The summed E-state index contributed by atoms with van der Waals surface area (Å²) in [5.41, 5.74) is 2.51. The van der Waals surface area contributed by atoms with Gasteiger partial charge in [0.05, 0.1) is 17.9 Å². The van der Waals surface area contributed by atoms with Gasteiger partial charge >= 0.3 is 0 Å². The summed E-state index contributed by atoms with van der Waals surface area (Å²) in [4.78, 5) is 4.29. The van der Waals surface area contributed by atoms with Crippen molar-refractivity contribution in [3.05, 3.63) is 47.0 Å². The van der Waals surface area contributed by atoms with Gasteiger partial charge < -0.3 is 9.47 Å². The Hall–Kier alpha value is -2.27. The Morgan fingerprint density at radius 1 is 1.25 bits per heavy atom. The first-order valence-corrected chi connectivity index (χ1v) is 9.05. The molecule has 0 radical (unpaired) electrons. The van der Waals surface area contributed by atoms with E-state index in [9.17, 15) is 13.7 Å². The highest BCUT2D eigenvalue weighted by Gasteiger charge is 2.23. The fraction of sp³-hybridized carbons (Fsp3) is 0.294. The molecule has 0 bridgehead atoms. The summed E-state index contributed by atoms with van der Waals surface area (Å²) in [7, 11) is -2.13. The molecule has 0 saturated carbocycles. The highest BCUT2D eigenvalue weighted by molar-refractivity contribution is 7.90. The summed E-state index contributed by atoms with van der Waals surface area (Å²) in [6, 6.07) is 11.2. The molecule has 2 aromatic rings. The summed E-state index contributed by atoms with van der Waals surface area (Å²) >= 11 is 0. The van der Waals surface area contributed by atoms with Crippen LogP contribution in [0.1, 0.15) is 16.7 Å². The van der Waals surface area contributed by atoms with E-state index in [2.05, 4.69) is 4.98 Å². The Labute approximate surface area is 141 Å². The van der Waals surface area contributed by atoms with E-state index in [0.29, 0.717) is 16.8 Å². The summed E-state index contributed by atoms with van der Waals surface area (Å²) in [6.45, 7) is 1.95. The number of aromatic nitrogens is 1. The molecule has 6 nitrogen and oxygen atoms in total. The first-order chi connectivity index (χ1) is 11.4. The van der Waals surface area contributed by atoms with Crippen LogP contribution in [0.25, 0.3) is 11.3 Å². The largest absolute Gasteiger partial charge is 0.359 e. The van der Waals surface area contributed by atoms with Gasteiger partial charge in [0.1, 0.15) is 12.9 Å². The summed E-state index contributed by atoms with van der Waals surface area (Å²) in [5.74, 6) is 0. The van der Waals surface area contributed by atoms with Gasteiger partial charge in [-0.15, -0.1) is 0 Å². The van der Waals surface area contributed by atoms with Crippen LogP contribution in [0.15, 0.2) is 35.4 Å². The molecule has 0 aliphatic rings. The Morgan fingerprint density at radius 2 is 1.92 bits per heavy atom. The Balaban J connectivity index is 2.74. The van der Waals surface area contributed by atoms with Crippen LogP contribution >= 0.6 is 0 Å². The van der Waals surface area contributed by atoms with Crippen LogP contribution in [0.4, 0.5) is 0 Å². The van der Waals surface area contributed by atoms with E-state index in [1.165, 1.54) is 7.11 Å². The second-order valence-electron chi connectivity index (χ2n) is 5.25. The first kappa shape index (κ1) is 18.1. The van der Waals surface area contributed by atoms with Crippen LogP contribution in [-0.2, 0) is 25.9 Å². The topological polar surface area (TPSA) is 89.3 Å². The van der Waals surface area contributed by atoms with Gasteiger partial charge in [0.2, 0.25) is 0 Å². The van der Waals surface area contributed by atoms with Crippen molar-refractivity contribution in [2.75, 3.05) is 20.2 Å². The second-order valence-corrected chi connectivity index (χ2v) is 7.18. The lowest BCUT2D eigenvalue weighted by atomic mass is 9.99. The minimum Gasteiger partial charge on any atom is -0.359 e. The number of nitriles is 1. The summed E-state index contributed by atoms with van der Waals surface area (Å²) in [6.07, 6.45) is 1.05. The zero-order valence-corrected chi connectivity index (χ0v) is 14.6. The molecule has 7 heteroatoms. The Bertz CT molecular complexity index is 872. The molecule has 1 aromatic carbocycles. The molecule has 0 aliphatic heterocycles. The molecular weight excluding hydrogens is 328 g/mol. The number of nitrogens with zero attached hydrogens (tertiary/aromatic N) is 2. The zero-order chi connectivity index (χ0) is 17.7. The predicted molar refractivity (Wildman–Crippen MR) is 88.9 cm³/mol. The molecule has 0 saturated heterocycles. The van der Waals surface area contributed by atoms with E-state index >= 15 is 0 Å². The van der Waals surface area contributed by atoms with Crippen LogP contribution in [0.2, 0.25) is 0 Å². The number of pyridine rings is 1. The average molecular weight is 346 g/mol. The van der Waals surface area contributed by atoms with Gasteiger partial charge in [-0.2, -0.15) is 5.26 Å². The number of rotatable bonds is 6. The molecule has 0 atom stereocenters. The van der Waals surface area contributed by atoms with Gasteiger partial charge in [-0.25, -0.2) is 13.4 Å². The summed E-state index contributed by atoms with van der Waals surface area (Å²) < 4.78 is 34.4. The SMILES string of the molecule is COCOCc1c(-c2ccccc2)nc(S(C)(=O)=O)c(C#N)c1C. The minimum atomic E-state index is -3.64. The minimum absolute atomic E-state index is 0.0493. The predicted octanol–water partition coefficient (Wildman–Crippen LogP) is 2.45. The quantitative estimate of drug-likeness (QED) is 0.589. The van der Waals surface area contributed by atoms with Crippen molar-refractivity contribution in [2.24, 2.45) is 0 Å². The van der Waals surface area contributed by atoms with Crippen molar-refractivity contribution in [1.29, 1.82) is 5.26 Å². The van der Waals surface area contributed by atoms with E-state index in [1.807, 2.05) is 36.4 Å². The number of sulfone groups is 1. The zero-order valence-electron chi connectivity index (χ0n) is 13.7. The molecule has 0 amide bonds. The van der Waals surface area contributed by atoms with Gasteiger partial charge in [-0.05, 0) is 12.5 Å². The van der Waals surface area contributed by atoms with E-state index in [4.69, 9.17) is 9.47 Å². The number of benzene rings is 1. The maximum Gasteiger partial charge on any atom is 0.194 e. The monoisotopic (exact) mass is 346 g/mol. The molecule has 24 heavy (non-hydrogen) atoms. The summed E-state index contributed by atoms with van der Waals surface area (Å²) in [5, 5.41) is 9.19. The van der Waals surface area contributed by atoms with Crippen molar-refractivity contribution in [3.8, 4) is 17.3 Å². The second kappa shape index (κ2) is 7.53. The van der Waals surface area contributed by atoms with Crippen molar-refractivity contribution in [2.45, 2.75) is 18.6 Å². The van der Waals surface area contributed by atoms with E-state index in [1.54, 1.807) is 6.92 Å². The third kappa shape index (κ3) is 3.79. The van der Waals surface area contributed by atoms with Crippen LogP contribution in [0, 0.1) is 18.3 Å².